The highest BCUT2D eigenvalue weighted by atomic mass is 127. The minimum Gasteiger partial charge on any atom is -0.445 e. The molecule has 0 aliphatic rings. The lowest BCUT2D eigenvalue weighted by Gasteiger charge is -2.01. The molecule has 58 valence electrons. The molecule has 1 aromatic carbocycles. The molecular weight excluding hydrogens is 368 g/mol. The first-order chi connectivity index (χ1) is 5.24. The van der Waals surface area contributed by atoms with Gasteiger partial charge in [0.2, 0.25) is 0 Å². The Balaban J connectivity index is 2.98. The van der Waals surface area contributed by atoms with Crippen molar-refractivity contribution in [3.05, 3.63) is 25.3 Å². The molecule has 1 rings (SSSR count). The summed E-state index contributed by atoms with van der Waals surface area (Å²) in [7, 11) is 0. The lowest BCUT2D eigenvalue weighted by Crippen LogP contribution is -1.90. The second kappa shape index (κ2) is 4.24. The van der Waals surface area contributed by atoms with Gasteiger partial charge in [0.15, 0.2) is 6.40 Å². The third-order valence-corrected chi connectivity index (χ3v) is 2.59. The van der Waals surface area contributed by atoms with E-state index < -0.39 is 0 Å². The van der Waals surface area contributed by atoms with Crippen LogP contribution in [0.1, 0.15) is 0 Å². The molecule has 0 heterocycles. The minimum atomic E-state index is 0.737. The van der Waals surface area contributed by atoms with Crippen LogP contribution in [0.15, 0.2) is 18.2 Å². The van der Waals surface area contributed by atoms with E-state index >= 15 is 0 Å². The maximum absolute atomic E-state index is 6.74. The summed E-state index contributed by atoms with van der Waals surface area (Å²) in [6.07, 6.45) is 0.935. The Morgan fingerprint density at radius 1 is 1.36 bits per heavy atom. The van der Waals surface area contributed by atoms with E-state index in [9.17, 15) is 0 Å². The molecule has 0 aromatic heterocycles. The lowest BCUT2D eigenvalue weighted by atomic mass is 10.3. The fourth-order valence-electron chi connectivity index (χ4n) is 0.634. The Labute approximate surface area is 92.1 Å². The fourth-order valence-corrected chi connectivity index (χ4v) is 2.36. The number of ether oxygens (including phenoxy) is 1. The maximum atomic E-state index is 6.74. The van der Waals surface area contributed by atoms with E-state index in [4.69, 9.17) is 10.1 Å². The van der Waals surface area contributed by atoms with Gasteiger partial charge in [-0.05, 0) is 63.4 Å². The Morgan fingerprint density at radius 2 is 2.09 bits per heavy atom. The second-order valence-electron chi connectivity index (χ2n) is 1.81. The summed E-state index contributed by atoms with van der Waals surface area (Å²) in [4.78, 5) is 0. The number of halogens is 2. The molecule has 11 heavy (non-hydrogen) atoms. The molecule has 0 atom stereocenters. The lowest BCUT2D eigenvalue weighted by molar-refractivity contribution is 0.565. The molecule has 0 fully saturated rings. The van der Waals surface area contributed by atoms with Crippen LogP contribution in [0.25, 0.3) is 0 Å². The van der Waals surface area contributed by atoms with Crippen LogP contribution < -0.4 is 4.74 Å². The van der Waals surface area contributed by atoms with Gasteiger partial charge in [-0.3, -0.25) is 5.41 Å². The van der Waals surface area contributed by atoms with Gasteiger partial charge >= 0.3 is 0 Å². The van der Waals surface area contributed by atoms with Crippen molar-refractivity contribution in [1.82, 2.24) is 0 Å². The molecule has 2 nitrogen and oxygen atoms in total. The number of hydrogen-bond acceptors (Lipinski definition) is 2. The molecule has 0 saturated heterocycles. The van der Waals surface area contributed by atoms with Crippen LogP contribution in [0.2, 0.25) is 0 Å². The highest BCUT2D eigenvalue weighted by molar-refractivity contribution is 14.1. The summed E-state index contributed by atoms with van der Waals surface area (Å²) in [5, 5.41) is 6.74. The van der Waals surface area contributed by atoms with Crippen LogP contribution in [0.3, 0.4) is 0 Å². The number of nitrogens with one attached hydrogen (secondary N) is 1. The number of hydrogen-bond donors (Lipinski definition) is 1. The van der Waals surface area contributed by atoms with Crippen molar-refractivity contribution in [1.29, 1.82) is 5.41 Å². The van der Waals surface area contributed by atoms with Gasteiger partial charge in [-0.2, -0.15) is 0 Å². The van der Waals surface area contributed by atoms with Crippen molar-refractivity contribution in [2.75, 3.05) is 0 Å². The van der Waals surface area contributed by atoms with Gasteiger partial charge in [0.1, 0.15) is 5.75 Å². The maximum Gasteiger partial charge on any atom is 0.173 e. The fraction of sp³-hybridized carbons (Fsp3) is 0. The minimum absolute atomic E-state index is 0.737. The van der Waals surface area contributed by atoms with Gasteiger partial charge < -0.3 is 4.74 Å². The highest BCUT2D eigenvalue weighted by Gasteiger charge is 1.98. The Bertz CT molecular complexity index is 275. The van der Waals surface area contributed by atoms with Gasteiger partial charge in [0.05, 0.1) is 3.57 Å². The zero-order valence-corrected chi connectivity index (χ0v) is 9.79. The molecule has 4 heteroatoms. The van der Waals surface area contributed by atoms with E-state index in [2.05, 4.69) is 45.2 Å². The first kappa shape index (κ1) is 9.24. The van der Waals surface area contributed by atoms with Gasteiger partial charge in [-0.1, -0.05) is 0 Å². The SMILES string of the molecule is N=COc1ccc(I)cc1I. The van der Waals surface area contributed by atoms with E-state index in [1.54, 1.807) is 0 Å². The van der Waals surface area contributed by atoms with Gasteiger partial charge in [0.25, 0.3) is 0 Å². The van der Waals surface area contributed by atoms with Crippen LogP contribution in [0, 0.1) is 12.5 Å². The van der Waals surface area contributed by atoms with Crippen LogP contribution in [-0.2, 0) is 0 Å². The topological polar surface area (TPSA) is 33.1 Å². The molecule has 0 bridgehead atoms. The summed E-state index contributed by atoms with van der Waals surface area (Å²) in [5.41, 5.74) is 0. The zero-order valence-electron chi connectivity index (χ0n) is 5.47. The number of rotatable bonds is 2. The second-order valence-corrected chi connectivity index (χ2v) is 4.22. The molecule has 0 unspecified atom stereocenters. The first-order valence-electron chi connectivity index (χ1n) is 2.84. The van der Waals surface area contributed by atoms with E-state index in [0.29, 0.717) is 0 Å². The highest BCUT2D eigenvalue weighted by Crippen LogP contribution is 2.22. The normalized spacial score (nSPS) is 9.27. The molecular formula is C7H5I2NO. The third kappa shape index (κ3) is 2.58. The molecule has 0 aliphatic heterocycles. The van der Waals surface area contributed by atoms with E-state index in [-0.39, 0.29) is 0 Å². The Kier molecular flexibility index (Phi) is 3.57. The smallest absolute Gasteiger partial charge is 0.173 e. The van der Waals surface area contributed by atoms with Gasteiger partial charge in [-0.15, -0.1) is 0 Å². The summed E-state index contributed by atoms with van der Waals surface area (Å²) in [6, 6.07) is 5.80. The Hall–Kier alpha value is 0.150. The van der Waals surface area contributed by atoms with Gasteiger partial charge in [-0.25, -0.2) is 0 Å². The zero-order chi connectivity index (χ0) is 8.27. The van der Waals surface area contributed by atoms with Crippen LogP contribution in [-0.4, -0.2) is 6.40 Å². The number of benzene rings is 1. The molecule has 0 saturated carbocycles. The van der Waals surface area contributed by atoms with Crippen molar-refractivity contribution in [3.8, 4) is 5.75 Å². The molecule has 0 spiro atoms. The average molecular weight is 373 g/mol. The molecule has 0 radical (unpaired) electrons. The van der Waals surface area contributed by atoms with Gasteiger partial charge in [0, 0.05) is 3.57 Å². The predicted octanol–water partition coefficient (Wildman–Crippen LogP) is 2.88. The third-order valence-electron chi connectivity index (χ3n) is 1.08. The van der Waals surface area contributed by atoms with E-state index in [0.717, 1.165) is 15.7 Å². The van der Waals surface area contributed by atoms with E-state index in [1.165, 1.54) is 3.57 Å². The molecule has 0 aliphatic carbocycles. The predicted molar refractivity (Wildman–Crippen MR) is 61.3 cm³/mol. The Morgan fingerprint density at radius 3 is 2.64 bits per heavy atom. The largest absolute Gasteiger partial charge is 0.445 e. The monoisotopic (exact) mass is 373 g/mol. The molecule has 1 aromatic rings. The standard InChI is InChI=1S/C7H5I2NO/c8-5-1-2-7(11-4-10)6(9)3-5/h1-4,10H. The van der Waals surface area contributed by atoms with Crippen molar-refractivity contribution in [2.45, 2.75) is 0 Å². The van der Waals surface area contributed by atoms with Crippen LogP contribution in [0.4, 0.5) is 0 Å². The average Bonchev–Trinajstić information content (AvgIpc) is 1.95. The van der Waals surface area contributed by atoms with Crippen molar-refractivity contribution in [3.63, 3.8) is 0 Å². The van der Waals surface area contributed by atoms with E-state index in [1.807, 2.05) is 18.2 Å². The van der Waals surface area contributed by atoms with Crippen molar-refractivity contribution in [2.24, 2.45) is 0 Å². The summed E-state index contributed by atoms with van der Waals surface area (Å²) < 4.78 is 7.12. The molecule has 0 amide bonds. The summed E-state index contributed by atoms with van der Waals surface area (Å²) >= 11 is 4.41. The summed E-state index contributed by atoms with van der Waals surface area (Å²) in [5.74, 6) is 0.737. The van der Waals surface area contributed by atoms with Crippen molar-refractivity contribution >= 4 is 51.6 Å². The van der Waals surface area contributed by atoms with Crippen LogP contribution >= 0.6 is 45.2 Å². The summed E-state index contributed by atoms with van der Waals surface area (Å²) in [6.45, 7) is 0. The quantitative estimate of drug-likeness (QED) is 0.483. The molecule has 1 N–H and O–H groups in total. The van der Waals surface area contributed by atoms with Crippen molar-refractivity contribution < 1.29 is 4.74 Å². The van der Waals surface area contributed by atoms with Crippen LogP contribution in [0.5, 0.6) is 5.75 Å². The first-order valence-corrected chi connectivity index (χ1v) is 5.00.